The van der Waals surface area contributed by atoms with Crippen LogP contribution in [-0.2, 0) is 0 Å². The summed E-state index contributed by atoms with van der Waals surface area (Å²) >= 11 is 5.52. The lowest BCUT2D eigenvalue weighted by Crippen LogP contribution is -2.25. The molecule has 5 nitrogen and oxygen atoms in total. The molecule has 0 fully saturated rings. The third-order valence-electron chi connectivity index (χ3n) is 3.01. The van der Waals surface area contributed by atoms with Crippen molar-refractivity contribution in [2.75, 3.05) is 0 Å². The molecule has 24 heavy (non-hydrogen) atoms. The van der Waals surface area contributed by atoms with E-state index < -0.39 is 0 Å². The molecule has 0 radical (unpaired) electrons. The van der Waals surface area contributed by atoms with Crippen LogP contribution < -0.4 is 9.44 Å². The Kier molecular flexibility index (Phi) is 4.56. The van der Waals surface area contributed by atoms with E-state index in [1.54, 1.807) is 22.7 Å². The van der Waals surface area contributed by atoms with Gasteiger partial charge in [0.1, 0.15) is 0 Å². The highest BCUT2D eigenvalue weighted by atomic mass is 32.2. The van der Waals surface area contributed by atoms with E-state index in [1.807, 2.05) is 48.5 Å². The van der Waals surface area contributed by atoms with Gasteiger partial charge in [0.25, 0.3) is 0 Å². The molecule has 2 heterocycles. The number of para-hydroxylation sites is 2. The molecule has 0 saturated carbocycles. The second-order valence-corrected chi connectivity index (χ2v) is 8.80. The zero-order valence-electron chi connectivity index (χ0n) is 12.1. The lowest BCUT2D eigenvalue weighted by molar-refractivity contribution is 0.252. The molecular formula is C15H10N4OS4. The largest absolute Gasteiger partial charge is 0.335 e. The summed E-state index contributed by atoms with van der Waals surface area (Å²) in [6.07, 6.45) is 0. The van der Waals surface area contributed by atoms with Crippen LogP contribution >= 0.6 is 46.6 Å². The first-order valence-corrected chi connectivity index (χ1v) is 10.2. The standard InChI is InChI=1S/C15H10N4OS4/c20-13(18-23-14-16-9-5-1-3-7-11(9)21-14)19-24-15-17-10-6-2-4-8-12(10)22-15/h1-8H,(H2,18,19,20). The van der Waals surface area contributed by atoms with E-state index in [1.165, 1.54) is 23.9 Å². The third kappa shape index (κ3) is 3.48. The predicted octanol–water partition coefficient (Wildman–Crippen LogP) is 4.92. The topological polar surface area (TPSA) is 66.9 Å². The van der Waals surface area contributed by atoms with Gasteiger partial charge in [-0.15, -0.1) is 22.7 Å². The molecule has 2 aromatic heterocycles. The van der Waals surface area contributed by atoms with E-state index in [4.69, 9.17) is 0 Å². The lowest BCUT2D eigenvalue weighted by Gasteiger charge is -2.01. The molecule has 120 valence electrons. The molecule has 0 unspecified atom stereocenters. The highest BCUT2D eigenvalue weighted by Gasteiger charge is 2.09. The van der Waals surface area contributed by atoms with Crippen LogP contribution in [0.15, 0.2) is 57.2 Å². The van der Waals surface area contributed by atoms with Gasteiger partial charge in [-0.2, -0.15) is 0 Å². The maximum absolute atomic E-state index is 11.9. The number of carbonyl (C=O) groups excluding carboxylic acids is 1. The average molecular weight is 391 g/mol. The summed E-state index contributed by atoms with van der Waals surface area (Å²) in [6, 6.07) is 15.5. The number of benzene rings is 2. The number of aromatic nitrogens is 2. The van der Waals surface area contributed by atoms with Crippen LogP contribution in [-0.4, -0.2) is 16.0 Å². The zero-order valence-corrected chi connectivity index (χ0v) is 15.3. The fourth-order valence-electron chi connectivity index (χ4n) is 1.99. The normalized spacial score (nSPS) is 11.0. The van der Waals surface area contributed by atoms with Gasteiger partial charge in [0.2, 0.25) is 0 Å². The van der Waals surface area contributed by atoms with Gasteiger partial charge in [-0.25, -0.2) is 14.8 Å². The summed E-state index contributed by atoms with van der Waals surface area (Å²) in [6.45, 7) is 0. The first kappa shape index (κ1) is 15.7. The van der Waals surface area contributed by atoms with Crippen LogP contribution in [0.1, 0.15) is 0 Å². The third-order valence-corrected chi connectivity index (χ3v) is 6.78. The Labute approximate surface area is 154 Å². The van der Waals surface area contributed by atoms with Crippen LogP contribution in [0.2, 0.25) is 0 Å². The van der Waals surface area contributed by atoms with E-state index in [-0.39, 0.29) is 6.03 Å². The summed E-state index contributed by atoms with van der Waals surface area (Å²) in [7, 11) is 0. The van der Waals surface area contributed by atoms with Crippen molar-refractivity contribution in [3.63, 3.8) is 0 Å². The number of hydrogen-bond acceptors (Lipinski definition) is 7. The Morgan fingerprint density at radius 3 is 1.71 bits per heavy atom. The minimum Gasteiger partial charge on any atom is -0.275 e. The van der Waals surface area contributed by atoms with Gasteiger partial charge in [0, 0.05) is 23.9 Å². The summed E-state index contributed by atoms with van der Waals surface area (Å²) in [5.74, 6) is 0. The number of carbonyl (C=O) groups is 1. The Hall–Kier alpha value is -1.81. The number of hydrogen-bond donors (Lipinski definition) is 2. The van der Waals surface area contributed by atoms with Gasteiger partial charge in [0.15, 0.2) is 8.68 Å². The molecule has 4 rings (SSSR count). The molecule has 4 aromatic rings. The van der Waals surface area contributed by atoms with Gasteiger partial charge in [-0.05, 0) is 24.3 Å². The quantitative estimate of drug-likeness (QED) is 0.484. The number of nitrogens with zero attached hydrogens (tertiary/aromatic N) is 2. The molecule has 0 aliphatic heterocycles. The number of urea groups is 1. The first-order valence-electron chi connectivity index (χ1n) is 6.89. The number of rotatable bonds is 4. The van der Waals surface area contributed by atoms with Crippen molar-refractivity contribution in [1.82, 2.24) is 19.4 Å². The Balaban J connectivity index is 1.33. The van der Waals surface area contributed by atoms with Crippen LogP contribution in [0.5, 0.6) is 0 Å². The molecule has 0 aliphatic carbocycles. The smallest absolute Gasteiger partial charge is 0.275 e. The van der Waals surface area contributed by atoms with Crippen molar-refractivity contribution in [3.05, 3.63) is 48.5 Å². The van der Waals surface area contributed by atoms with Crippen molar-refractivity contribution < 1.29 is 4.79 Å². The molecule has 2 N–H and O–H groups in total. The summed E-state index contributed by atoms with van der Waals surface area (Å²) in [5.41, 5.74) is 1.88. The van der Waals surface area contributed by atoms with Crippen molar-refractivity contribution >= 4 is 73.0 Å². The average Bonchev–Trinajstić information content (AvgIpc) is 3.21. The Bertz CT molecular complexity index is 867. The maximum atomic E-state index is 11.9. The van der Waals surface area contributed by atoms with Gasteiger partial charge >= 0.3 is 6.03 Å². The monoisotopic (exact) mass is 390 g/mol. The fraction of sp³-hybridized carbons (Fsp3) is 0. The summed E-state index contributed by atoms with van der Waals surface area (Å²) < 4.78 is 9.28. The molecule has 2 aromatic carbocycles. The van der Waals surface area contributed by atoms with E-state index in [2.05, 4.69) is 19.4 Å². The van der Waals surface area contributed by atoms with Crippen molar-refractivity contribution in [2.45, 2.75) is 8.68 Å². The van der Waals surface area contributed by atoms with E-state index in [0.717, 1.165) is 29.1 Å². The SMILES string of the molecule is O=C(NSc1nc2ccccc2s1)NSc1nc2ccccc2s1. The predicted molar refractivity (Wildman–Crippen MR) is 103 cm³/mol. The zero-order chi connectivity index (χ0) is 16.4. The van der Waals surface area contributed by atoms with Crippen molar-refractivity contribution in [1.29, 1.82) is 0 Å². The maximum Gasteiger partial charge on any atom is 0.335 e. The number of fused-ring (bicyclic) bond motifs is 2. The van der Waals surface area contributed by atoms with Gasteiger partial charge in [-0.1, -0.05) is 24.3 Å². The molecule has 2 amide bonds. The number of nitrogens with one attached hydrogen (secondary N) is 2. The van der Waals surface area contributed by atoms with E-state index in [9.17, 15) is 4.79 Å². The minimum absolute atomic E-state index is 0.288. The lowest BCUT2D eigenvalue weighted by atomic mass is 10.3. The highest BCUT2D eigenvalue weighted by molar-refractivity contribution is 8.01. The number of amides is 2. The molecule has 0 atom stereocenters. The van der Waals surface area contributed by atoms with E-state index >= 15 is 0 Å². The summed E-state index contributed by atoms with van der Waals surface area (Å²) in [5, 5.41) is 0. The van der Waals surface area contributed by atoms with Gasteiger partial charge in [0.05, 0.1) is 20.4 Å². The summed E-state index contributed by atoms with van der Waals surface area (Å²) in [4.78, 5) is 20.8. The van der Waals surface area contributed by atoms with Crippen molar-refractivity contribution in [2.24, 2.45) is 0 Å². The van der Waals surface area contributed by atoms with Gasteiger partial charge < -0.3 is 0 Å². The molecule has 9 heteroatoms. The molecule has 0 bridgehead atoms. The highest BCUT2D eigenvalue weighted by Crippen LogP contribution is 2.29. The minimum atomic E-state index is -0.288. The van der Waals surface area contributed by atoms with E-state index in [0.29, 0.717) is 0 Å². The molecule has 0 aliphatic rings. The Morgan fingerprint density at radius 1 is 0.792 bits per heavy atom. The molecule has 0 spiro atoms. The van der Waals surface area contributed by atoms with Crippen LogP contribution in [0.3, 0.4) is 0 Å². The second-order valence-electron chi connectivity index (χ2n) is 4.63. The van der Waals surface area contributed by atoms with Crippen LogP contribution in [0.25, 0.3) is 20.4 Å². The molecular weight excluding hydrogens is 380 g/mol. The first-order chi connectivity index (χ1) is 11.8. The number of thiazole rings is 2. The fourth-order valence-corrected chi connectivity index (χ4v) is 5.32. The van der Waals surface area contributed by atoms with Crippen molar-refractivity contribution in [3.8, 4) is 0 Å². The Morgan fingerprint density at radius 2 is 1.25 bits per heavy atom. The van der Waals surface area contributed by atoms with Crippen LogP contribution in [0.4, 0.5) is 4.79 Å². The van der Waals surface area contributed by atoms with Gasteiger partial charge in [-0.3, -0.25) is 9.44 Å². The molecule has 0 saturated heterocycles. The van der Waals surface area contributed by atoms with Crippen LogP contribution in [0, 0.1) is 0 Å². The second kappa shape index (κ2) is 6.98.